The van der Waals surface area contributed by atoms with Crippen LogP contribution in [0.25, 0.3) is 0 Å². The van der Waals surface area contributed by atoms with Gasteiger partial charge in [0.15, 0.2) is 0 Å². The van der Waals surface area contributed by atoms with Crippen molar-refractivity contribution < 1.29 is 18.3 Å². The number of piperidine rings is 1. The molecule has 1 saturated heterocycles. The summed E-state index contributed by atoms with van der Waals surface area (Å²) in [7, 11) is -3.47. The molecule has 1 aliphatic rings. The van der Waals surface area contributed by atoms with Crippen LogP contribution in [0.1, 0.15) is 26.2 Å². The van der Waals surface area contributed by atoms with Crippen molar-refractivity contribution in [3.05, 3.63) is 0 Å². The van der Waals surface area contributed by atoms with Crippen molar-refractivity contribution in [3.8, 4) is 0 Å². The minimum Gasteiger partial charge on any atom is -0.481 e. The predicted octanol–water partition coefficient (Wildman–Crippen LogP) is -0.230. The van der Waals surface area contributed by atoms with Crippen LogP contribution in [0.2, 0.25) is 0 Å². The van der Waals surface area contributed by atoms with Gasteiger partial charge in [-0.25, -0.2) is 13.1 Å². The Kier molecular flexibility index (Phi) is 4.91. The van der Waals surface area contributed by atoms with Crippen molar-refractivity contribution in [2.75, 3.05) is 25.4 Å². The number of rotatable bonds is 6. The Balaban J connectivity index is 2.40. The van der Waals surface area contributed by atoms with Gasteiger partial charge in [0.2, 0.25) is 10.0 Å². The third-order valence-electron chi connectivity index (χ3n) is 3.11. The number of hydrogen-bond donors (Lipinski definition) is 3. The van der Waals surface area contributed by atoms with E-state index in [1.54, 1.807) is 0 Å². The number of hydrogen-bond acceptors (Lipinski definition) is 4. The number of carboxylic acids is 1. The number of carbonyl (C=O) groups is 1. The van der Waals surface area contributed by atoms with Gasteiger partial charge < -0.3 is 10.4 Å². The first-order valence-corrected chi connectivity index (χ1v) is 7.38. The van der Waals surface area contributed by atoms with Crippen LogP contribution in [0.3, 0.4) is 0 Å². The highest BCUT2D eigenvalue weighted by atomic mass is 32.2. The number of sulfonamides is 1. The van der Waals surface area contributed by atoms with Gasteiger partial charge in [0.25, 0.3) is 0 Å². The molecule has 0 unspecified atom stereocenters. The Morgan fingerprint density at radius 2 is 2.00 bits per heavy atom. The normalized spacial score (nSPS) is 20.1. The zero-order chi connectivity index (χ0) is 12.9. The third-order valence-corrected chi connectivity index (χ3v) is 4.44. The van der Waals surface area contributed by atoms with Crippen LogP contribution >= 0.6 is 0 Å². The maximum Gasteiger partial charge on any atom is 0.304 e. The molecule has 0 atom stereocenters. The second kappa shape index (κ2) is 5.79. The summed E-state index contributed by atoms with van der Waals surface area (Å²) in [6, 6.07) is 0. The predicted molar refractivity (Wildman–Crippen MR) is 64.3 cm³/mol. The summed E-state index contributed by atoms with van der Waals surface area (Å²) in [6.07, 6.45) is 1.50. The second-order valence-electron chi connectivity index (χ2n) is 4.84. The molecular weight excluding hydrogens is 244 g/mol. The van der Waals surface area contributed by atoms with Crippen molar-refractivity contribution in [3.63, 3.8) is 0 Å². The van der Waals surface area contributed by atoms with Crippen molar-refractivity contribution >= 4 is 16.0 Å². The minimum absolute atomic E-state index is 0.0262. The second-order valence-corrected chi connectivity index (χ2v) is 6.77. The summed E-state index contributed by atoms with van der Waals surface area (Å²) in [5.41, 5.74) is -0.0262. The van der Waals surface area contributed by atoms with E-state index in [1.807, 2.05) is 6.92 Å². The lowest BCUT2D eigenvalue weighted by Gasteiger charge is -2.34. The van der Waals surface area contributed by atoms with Gasteiger partial charge >= 0.3 is 5.97 Å². The van der Waals surface area contributed by atoms with Gasteiger partial charge in [0.05, 0.1) is 12.2 Å². The van der Waals surface area contributed by atoms with E-state index in [4.69, 9.17) is 5.11 Å². The topological polar surface area (TPSA) is 95.5 Å². The van der Waals surface area contributed by atoms with Crippen molar-refractivity contribution in [2.45, 2.75) is 26.2 Å². The molecule has 0 amide bonds. The highest BCUT2D eigenvalue weighted by Gasteiger charge is 2.28. The average molecular weight is 264 g/mol. The van der Waals surface area contributed by atoms with Crippen LogP contribution < -0.4 is 10.0 Å². The molecular formula is C10H20N2O4S. The van der Waals surface area contributed by atoms with Crippen molar-refractivity contribution in [2.24, 2.45) is 5.41 Å². The van der Waals surface area contributed by atoms with Crippen LogP contribution in [0.5, 0.6) is 0 Å². The van der Waals surface area contributed by atoms with Gasteiger partial charge in [-0.1, -0.05) is 6.92 Å². The van der Waals surface area contributed by atoms with Crippen LogP contribution in [0.15, 0.2) is 0 Å². The monoisotopic (exact) mass is 264 g/mol. The van der Waals surface area contributed by atoms with Crippen LogP contribution in [0, 0.1) is 5.41 Å². The molecule has 17 heavy (non-hydrogen) atoms. The van der Waals surface area contributed by atoms with E-state index in [1.165, 1.54) is 0 Å². The maximum atomic E-state index is 11.5. The van der Waals surface area contributed by atoms with E-state index < -0.39 is 16.0 Å². The first kappa shape index (κ1) is 14.4. The van der Waals surface area contributed by atoms with Crippen molar-refractivity contribution in [1.29, 1.82) is 0 Å². The molecule has 1 heterocycles. The highest BCUT2D eigenvalue weighted by Crippen LogP contribution is 2.26. The number of nitrogens with one attached hydrogen (secondary N) is 2. The molecule has 0 aromatic carbocycles. The maximum absolute atomic E-state index is 11.5. The summed E-state index contributed by atoms with van der Waals surface area (Å²) < 4.78 is 25.6. The Morgan fingerprint density at radius 3 is 2.53 bits per heavy atom. The molecule has 1 fully saturated rings. The molecule has 6 nitrogen and oxygen atoms in total. The molecule has 1 aliphatic heterocycles. The van der Waals surface area contributed by atoms with Gasteiger partial charge in [-0.2, -0.15) is 0 Å². The molecule has 0 spiro atoms. The first-order chi connectivity index (χ1) is 7.83. The molecule has 0 aliphatic carbocycles. The van der Waals surface area contributed by atoms with E-state index in [-0.39, 0.29) is 17.6 Å². The molecule has 7 heteroatoms. The van der Waals surface area contributed by atoms with Gasteiger partial charge in [-0.15, -0.1) is 0 Å². The van der Waals surface area contributed by atoms with E-state index in [2.05, 4.69) is 10.0 Å². The van der Waals surface area contributed by atoms with Crippen molar-refractivity contribution in [1.82, 2.24) is 10.0 Å². The smallest absolute Gasteiger partial charge is 0.304 e. The van der Waals surface area contributed by atoms with Gasteiger partial charge in [0, 0.05) is 6.54 Å². The summed E-state index contributed by atoms with van der Waals surface area (Å²) >= 11 is 0. The average Bonchev–Trinajstić information content (AvgIpc) is 2.26. The lowest BCUT2D eigenvalue weighted by Crippen LogP contribution is -2.43. The Hall–Kier alpha value is -0.660. The van der Waals surface area contributed by atoms with Crippen LogP contribution in [-0.4, -0.2) is 44.9 Å². The van der Waals surface area contributed by atoms with E-state index in [9.17, 15) is 13.2 Å². The Bertz CT molecular complexity index is 361. The first-order valence-electron chi connectivity index (χ1n) is 5.73. The molecule has 0 saturated carbocycles. The molecule has 100 valence electrons. The summed E-state index contributed by atoms with van der Waals surface area (Å²) in [5, 5.41) is 11.7. The zero-order valence-electron chi connectivity index (χ0n) is 10.0. The number of carboxylic acid groups (broad SMARTS) is 1. The number of aliphatic carboxylic acids is 1. The summed E-state index contributed by atoms with van der Waals surface area (Å²) in [6.45, 7) is 4.23. The fraction of sp³-hybridized carbons (Fsp3) is 0.900. The van der Waals surface area contributed by atoms with Crippen LogP contribution in [0.4, 0.5) is 0 Å². The Labute approximate surface area is 102 Å². The summed E-state index contributed by atoms with van der Waals surface area (Å²) in [5.74, 6) is -1.44. The fourth-order valence-corrected chi connectivity index (χ4v) is 2.94. The lowest BCUT2D eigenvalue weighted by molar-refractivity contribution is -0.136. The van der Waals surface area contributed by atoms with Crippen LogP contribution in [-0.2, 0) is 14.8 Å². The highest BCUT2D eigenvalue weighted by molar-refractivity contribution is 7.89. The zero-order valence-corrected chi connectivity index (χ0v) is 10.8. The van der Waals surface area contributed by atoms with Gasteiger partial charge in [-0.3, -0.25) is 4.79 Å². The SMILES string of the molecule is CC1(CNS(=O)(=O)CCC(=O)O)CCNCC1. The van der Waals surface area contributed by atoms with Gasteiger partial charge in [0.1, 0.15) is 0 Å². The Morgan fingerprint density at radius 1 is 1.41 bits per heavy atom. The molecule has 0 bridgehead atoms. The standard InChI is InChI=1S/C10H20N2O4S/c1-10(3-5-11-6-4-10)8-12-17(15,16)7-2-9(13)14/h11-12H,2-8H2,1H3,(H,13,14). The molecule has 3 N–H and O–H groups in total. The van der Waals surface area contributed by atoms with E-state index >= 15 is 0 Å². The quantitative estimate of drug-likeness (QED) is 0.616. The summed E-state index contributed by atoms with van der Waals surface area (Å²) in [4.78, 5) is 10.3. The van der Waals surface area contributed by atoms with E-state index in [0.717, 1.165) is 25.9 Å². The molecule has 0 aromatic heterocycles. The molecule has 0 aromatic rings. The lowest BCUT2D eigenvalue weighted by atomic mass is 9.81. The largest absolute Gasteiger partial charge is 0.481 e. The minimum atomic E-state index is -3.47. The fourth-order valence-electron chi connectivity index (χ4n) is 1.79. The molecule has 1 rings (SSSR count). The third kappa shape index (κ3) is 5.47. The molecule has 0 radical (unpaired) electrons. The van der Waals surface area contributed by atoms with E-state index in [0.29, 0.717) is 6.54 Å². The van der Waals surface area contributed by atoms with Gasteiger partial charge in [-0.05, 0) is 31.3 Å².